The molecular weight excluding hydrogens is 458 g/mol. The molecule has 5 rings (SSSR count). The molecule has 0 saturated carbocycles. The number of aromatic hydroxyl groups is 6. The summed E-state index contributed by atoms with van der Waals surface area (Å²) in [5.41, 5.74) is 2.95. The summed E-state index contributed by atoms with van der Waals surface area (Å²) in [6.07, 6.45) is 0. The van der Waals surface area contributed by atoms with Crippen LogP contribution in [0.25, 0.3) is 0 Å². The maximum absolute atomic E-state index is 11.0. The van der Waals surface area contributed by atoms with Gasteiger partial charge in [-0.15, -0.1) is 0 Å². The van der Waals surface area contributed by atoms with Crippen LogP contribution < -0.4 is 0 Å². The number of nitrogens with zero attached hydrogens (tertiary/aromatic N) is 1. The number of rotatable bonds is 4. The molecule has 0 unspecified atom stereocenters. The SMILES string of the molecule is N#C[C@H](c1ccc(O)cc1)[C@H]1c2cc(O)cc(O)c2[C@@H](c2ccc(O)cc2)[C@@H]1c1cc(O)cc(O)c1. The summed E-state index contributed by atoms with van der Waals surface area (Å²) in [5.74, 6) is -3.01. The second-order valence-corrected chi connectivity index (χ2v) is 9.07. The van der Waals surface area contributed by atoms with Crippen molar-refractivity contribution in [2.75, 3.05) is 0 Å². The maximum atomic E-state index is 11.0. The zero-order valence-electron chi connectivity index (χ0n) is 18.9. The summed E-state index contributed by atoms with van der Waals surface area (Å²) in [7, 11) is 0. The predicted octanol–water partition coefficient (Wildman–Crippen LogP) is 5.24. The quantitative estimate of drug-likeness (QED) is 0.234. The van der Waals surface area contributed by atoms with Crippen LogP contribution in [0.1, 0.15) is 51.5 Å². The molecule has 6 N–H and O–H groups in total. The monoisotopic (exact) mass is 481 g/mol. The minimum Gasteiger partial charge on any atom is -0.508 e. The second kappa shape index (κ2) is 8.75. The number of hydrogen-bond acceptors (Lipinski definition) is 7. The van der Waals surface area contributed by atoms with Crippen LogP contribution in [0.2, 0.25) is 0 Å². The van der Waals surface area contributed by atoms with Crippen LogP contribution in [0.15, 0.2) is 78.9 Å². The maximum Gasteiger partial charge on any atom is 0.123 e. The summed E-state index contributed by atoms with van der Waals surface area (Å²) in [6.45, 7) is 0. The molecule has 4 atom stereocenters. The topological polar surface area (TPSA) is 145 Å². The Morgan fingerprint density at radius 3 is 1.75 bits per heavy atom. The molecule has 0 radical (unpaired) electrons. The van der Waals surface area contributed by atoms with Gasteiger partial charge in [0.25, 0.3) is 0 Å². The lowest BCUT2D eigenvalue weighted by atomic mass is 9.72. The Morgan fingerprint density at radius 2 is 1.17 bits per heavy atom. The van der Waals surface area contributed by atoms with Crippen molar-refractivity contribution in [2.45, 2.75) is 23.7 Å². The lowest BCUT2D eigenvalue weighted by Gasteiger charge is -2.30. The summed E-state index contributed by atoms with van der Waals surface area (Å²) >= 11 is 0. The number of phenolic OH excluding ortho intramolecular Hbond substituents is 6. The number of fused-ring (bicyclic) bond motifs is 1. The lowest BCUT2D eigenvalue weighted by molar-refractivity contribution is 0.440. The van der Waals surface area contributed by atoms with Crippen LogP contribution >= 0.6 is 0 Å². The van der Waals surface area contributed by atoms with Gasteiger partial charge >= 0.3 is 0 Å². The third-order valence-electron chi connectivity index (χ3n) is 6.90. The highest BCUT2D eigenvalue weighted by Gasteiger charge is 2.48. The first-order valence-corrected chi connectivity index (χ1v) is 11.3. The van der Waals surface area contributed by atoms with Crippen LogP contribution in [0.4, 0.5) is 0 Å². The van der Waals surface area contributed by atoms with Gasteiger partial charge in [-0.1, -0.05) is 24.3 Å². The molecule has 0 heterocycles. The van der Waals surface area contributed by atoms with Gasteiger partial charge in [-0.05, 0) is 64.7 Å². The van der Waals surface area contributed by atoms with Gasteiger partial charge in [0.1, 0.15) is 34.5 Å². The molecule has 0 aliphatic heterocycles. The van der Waals surface area contributed by atoms with Gasteiger partial charge in [-0.3, -0.25) is 0 Å². The average molecular weight is 482 g/mol. The van der Waals surface area contributed by atoms with E-state index in [-0.39, 0.29) is 34.5 Å². The number of benzene rings is 4. The van der Waals surface area contributed by atoms with Crippen LogP contribution in [0, 0.1) is 11.3 Å². The smallest absolute Gasteiger partial charge is 0.123 e. The largest absolute Gasteiger partial charge is 0.508 e. The first kappa shape index (κ1) is 22.9. The molecular formula is C29H23NO6. The molecule has 1 aliphatic rings. The summed E-state index contributed by atoms with van der Waals surface area (Å²) in [5, 5.41) is 72.1. The molecule has 4 aromatic carbocycles. The van der Waals surface area contributed by atoms with Gasteiger partial charge in [0.2, 0.25) is 0 Å². The Morgan fingerprint density at radius 1 is 0.611 bits per heavy atom. The summed E-state index contributed by atoms with van der Waals surface area (Å²) < 4.78 is 0. The summed E-state index contributed by atoms with van der Waals surface area (Å²) in [4.78, 5) is 0. The van der Waals surface area contributed by atoms with Gasteiger partial charge in [-0.25, -0.2) is 0 Å². The molecule has 0 fully saturated rings. The van der Waals surface area contributed by atoms with E-state index in [1.54, 1.807) is 24.3 Å². The average Bonchev–Trinajstić information content (AvgIpc) is 3.16. The molecule has 36 heavy (non-hydrogen) atoms. The van der Waals surface area contributed by atoms with E-state index in [0.717, 1.165) is 5.56 Å². The van der Waals surface area contributed by atoms with Crippen LogP contribution in [-0.2, 0) is 0 Å². The zero-order valence-corrected chi connectivity index (χ0v) is 18.9. The van der Waals surface area contributed by atoms with Gasteiger partial charge in [0.15, 0.2) is 0 Å². The Hall–Kier alpha value is -4.83. The predicted molar refractivity (Wildman–Crippen MR) is 131 cm³/mol. The first-order chi connectivity index (χ1) is 17.3. The summed E-state index contributed by atoms with van der Waals surface area (Å²) in [6, 6.07) is 22.1. The fraction of sp³-hybridized carbons (Fsp3) is 0.138. The van der Waals surface area contributed by atoms with Crippen molar-refractivity contribution in [1.29, 1.82) is 5.26 Å². The van der Waals surface area contributed by atoms with E-state index >= 15 is 0 Å². The molecule has 0 bridgehead atoms. The number of nitriles is 1. The Balaban J connectivity index is 1.82. The van der Waals surface area contributed by atoms with Crippen LogP contribution in [-0.4, -0.2) is 30.6 Å². The standard InChI is InChI=1S/C29H23NO6/c30-14-24(15-1-5-18(31)6-2-15)28-23-12-22(35)13-25(36)29(23)26(16-3-7-19(32)8-4-16)27(28)17-9-20(33)11-21(34)10-17/h1-13,24,26-28,31-36H/t24-,26+,27+,28-/m1/s1. The van der Waals surface area contributed by atoms with Gasteiger partial charge in [0, 0.05) is 35.4 Å². The van der Waals surface area contributed by atoms with E-state index in [0.29, 0.717) is 22.3 Å². The van der Waals surface area contributed by atoms with E-state index < -0.39 is 23.7 Å². The van der Waals surface area contributed by atoms with E-state index in [1.807, 2.05) is 0 Å². The molecule has 0 saturated heterocycles. The highest BCUT2D eigenvalue weighted by Crippen LogP contribution is 2.62. The van der Waals surface area contributed by atoms with Crippen molar-refractivity contribution in [1.82, 2.24) is 0 Å². The Bertz CT molecular complexity index is 1450. The fourth-order valence-electron chi connectivity index (χ4n) is 5.54. The minimum absolute atomic E-state index is 0.0500. The third kappa shape index (κ3) is 3.89. The van der Waals surface area contributed by atoms with Crippen molar-refractivity contribution in [3.8, 4) is 40.6 Å². The van der Waals surface area contributed by atoms with Crippen molar-refractivity contribution in [3.63, 3.8) is 0 Å². The van der Waals surface area contributed by atoms with Crippen LogP contribution in [0.3, 0.4) is 0 Å². The van der Waals surface area contributed by atoms with E-state index in [1.165, 1.54) is 54.6 Å². The number of phenols is 6. The normalized spacial score (nSPS) is 19.4. The van der Waals surface area contributed by atoms with E-state index in [4.69, 9.17) is 0 Å². The molecule has 7 nitrogen and oxygen atoms in total. The molecule has 0 spiro atoms. The first-order valence-electron chi connectivity index (χ1n) is 11.3. The van der Waals surface area contributed by atoms with Crippen molar-refractivity contribution < 1.29 is 30.6 Å². The number of hydrogen-bond donors (Lipinski definition) is 6. The van der Waals surface area contributed by atoms with E-state index in [2.05, 4.69) is 6.07 Å². The highest BCUT2D eigenvalue weighted by molar-refractivity contribution is 5.61. The van der Waals surface area contributed by atoms with Crippen LogP contribution in [0.5, 0.6) is 34.5 Å². The molecule has 4 aromatic rings. The molecule has 180 valence electrons. The molecule has 0 amide bonds. The van der Waals surface area contributed by atoms with Crippen molar-refractivity contribution in [2.24, 2.45) is 0 Å². The zero-order chi connectivity index (χ0) is 25.6. The minimum atomic E-state index is -0.776. The molecule has 7 heteroatoms. The molecule has 1 aliphatic carbocycles. The highest BCUT2D eigenvalue weighted by atomic mass is 16.3. The van der Waals surface area contributed by atoms with Crippen molar-refractivity contribution >= 4 is 0 Å². The Kier molecular flexibility index (Phi) is 5.57. The van der Waals surface area contributed by atoms with Gasteiger partial charge < -0.3 is 30.6 Å². The Labute approximate surface area is 207 Å². The van der Waals surface area contributed by atoms with Gasteiger partial charge in [0.05, 0.1) is 12.0 Å². The van der Waals surface area contributed by atoms with E-state index in [9.17, 15) is 35.9 Å². The van der Waals surface area contributed by atoms with Gasteiger partial charge in [-0.2, -0.15) is 5.26 Å². The fourth-order valence-corrected chi connectivity index (χ4v) is 5.54. The second-order valence-electron chi connectivity index (χ2n) is 9.07. The third-order valence-corrected chi connectivity index (χ3v) is 6.90. The lowest BCUT2D eigenvalue weighted by Crippen LogP contribution is -2.17. The van der Waals surface area contributed by atoms with Crippen molar-refractivity contribution in [3.05, 3.63) is 107 Å². The molecule has 0 aromatic heterocycles.